The third-order valence-corrected chi connectivity index (χ3v) is 3.92. The smallest absolute Gasteiger partial charge is 0.222 e. The van der Waals surface area contributed by atoms with Crippen molar-refractivity contribution in [1.29, 1.82) is 0 Å². The number of hydrogen-bond acceptors (Lipinski definition) is 1. The molecule has 0 aromatic rings. The first-order valence-electron chi connectivity index (χ1n) is 6.04. The SMILES string of the molecule is CCCC(=O)N1CCC2(CCCC2)C1. The third kappa shape index (κ3) is 1.79. The number of hydrogen-bond donors (Lipinski definition) is 0. The van der Waals surface area contributed by atoms with Crippen LogP contribution in [0.2, 0.25) is 0 Å². The molecule has 1 saturated carbocycles. The minimum Gasteiger partial charge on any atom is -0.342 e. The minimum absolute atomic E-state index is 0.385. The quantitative estimate of drug-likeness (QED) is 0.663. The van der Waals surface area contributed by atoms with Gasteiger partial charge in [0.15, 0.2) is 0 Å². The molecule has 2 nitrogen and oxygen atoms in total. The highest BCUT2D eigenvalue weighted by Gasteiger charge is 2.41. The van der Waals surface area contributed by atoms with Gasteiger partial charge in [0, 0.05) is 19.5 Å². The Kier molecular flexibility index (Phi) is 2.80. The van der Waals surface area contributed by atoms with Crippen LogP contribution in [0.5, 0.6) is 0 Å². The van der Waals surface area contributed by atoms with Crippen LogP contribution in [0.1, 0.15) is 51.9 Å². The van der Waals surface area contributed by atoms with E-state index in [0.29, 0.717) is 11.3 Å². The van der Waals surface area contributed by atoms with Crippen molar-refractivity contribution in [2.45, 2.75) is 51.9 Å². The molecule has 2 heteroatoms. The highest BCUT2D eigenvalue weighted by molar-refractivity contribution is 5.76. The molecule has 2 aliphatic rings. The van der Waals surface area contributed by atoms with E-state index < -0.39 is 0 Å². The molecule has 2 rings (SSSR count). The molecule has 0 radical (unpaired) electrons. The third-order valence-electron chi connectivity index (χ3n) is 3.92. The fraction of sp³-hybridized carbons (Fsp3) is 0.917. The highest BCUT2D eigenvalue weighted by atomic mass is 16.2. The Balaban J connectivity index is 1.90. The van der Waals surface area contributed by atoms with E-state index in [-0.39, 0.29) is 0 Å². The average molecular weight is 195 g/mol. The van der Waals surface area contributed by atoms with Crippen molar-refractivity contribution in [3.05, 3.63) is 0 Å². The standard InChI is InChI=1S/C12H21NO/c1-2-5-11(14)13-9-8-12(10-13)6-3-4-7-12/h2-10H2,1H3. The number of amides is 1. The monoisotopic (exact) mass is 195 g/mol. The summed E-state index contributed by atoms with van der Waals surface area (Å²) >= 11 is 0. The van der Waals surface area contributed by atoms with Gasteiger partial charge in [-0.15, -0.1) is 0 Å². The van der Waals surface area contributed by atoms with Crippen molar-refractivity contribution in [2.75, 3.05) is 13.1 Å². The molecule has 2 fully saturated rings. The minimum atomic E-state index is 0.385. The van der Waals surface area contributed by atoms with Gasteiger partial charge in [-0.2, -0.15) is 0 Å². The summed E-state index contributed by atoms with van der Waals surface area (Å²) in [5.41, 5.74) is 0.545. The molecule has 0 N–H and O–H groups in total. The predicted molar refractivity (Wildman–Crippen MR) is 57.0 cm³/mol. The lowest BCUT2D eigenvalue weighted by atomic mass is 9.86. The lowest BCUT2D eigenvalue weighted by molar-refractivity contribution is -0.130. The molecule has 1 saturated heterocycles. The largest absolute Gasteiger partial charge is 0.342 e. The van der Waals surface area contributed by atoms with E-state index in [9.17, 15) is 4.79 Å². The molecule has 1 aliphatic carbocycles. The summed E-state index contributed by atoms with van der Waals surface area (Å²) in [5.74, 6) is 0.385. The maximum Gasteiger partial charge on any atom is 0.222 e. The van der Waals surface area contributed by atoms with E-state index in [0.717, 1.165) is 25.9 Å². The van der Waals surface area contributed by atoms with Crippen molar-refractivity contribution in [3.63, 3.8) is 0 Å². The van der Waals surface area contributed by atoms with Crippen LogP contribution in [0.15, 0.2) is 0 Å². The van der Waals surface area contributed by atoms with Crippen LogP contribution in [0, 0.1) is 5.41 Å². The zero-order chi connectivity index (χ0) is 10.0. The number of rotatable bonds is 2. The summed E-state index contributed by atoms with van der Waals surface area (Å²) in [6.07, 6.45) is 8.50. The fourth-order valence-corrected chi connectivity index (χ4v) is 3.05. The summed E-state index contributed by atoms with van der Waals surface area (Å²) in [7, 11) is 0. The van der Waals surface area contributed by atoms with E-state index in [1.54, 1.807) is 0 Å². The Morgan fingerprint density at radius 3 is 2.64 bits per heavy atom. The van der Waals surface area contributed by atoms with Gasteiger partial charge >= 0.3 is 0 Å². The average Bonchev–Trinajstić information content (AvgIpc) is 2.78. The van der Waals surface area contributed by atoms with E-state index in [1.807, 2.05) is 0 Å². The Labute approximate surface area is 86.7 Å². The second-order valence-corrected chi connectivity index (χ2v) is 5.02. The van der Waals surface area contributed by atoms with Crippen molar-refractivity contribution >= 4 is 5.91 Å². The van der Waals surface area contributed by atoms with Gasteiger partial charge in [0.2, 0.25) is 5.91 Å². The lowest BCUT2D eigenvalue weighted by Gasteiger charge is -2.23. The van der Waals surface area contributed by atoms with Gasteiger partial charge in [0.05, 0.1) is 0 Å². The van der Waals surface area contributed by atoms with Crippen LogP contribution in [0.3, 0.4) is 0 Å². The highest BCUT2D eigenvalue weighted by Crippen LogP contribution is 2.45. The number of nitrogens with zero attached hydrogens (tertiary/aromatic N) is 1. The van der Waals surface area contributed by atoms with Gasteiger partial charge in [0.25, 0.3) is 0 Å². The molecule has 0 aromatic carbocycles. The van der Waals surface area contributed by atoms with Gasteiger partial charge in [-0.25, -0.2) is 0 Å². The van der Waals surface area contributed by atoms with E-state index in [2.05, 4.69) is 11.8 Å². The second-order valence-electron chi connectivity index (χ2n) is 5.02. The number of carbonyl (C=O) groups excluding carboxylic acids is 1. The molecule has 1 spiro atoms. The second kappa shape index (κ2) is 3.92. The Morgan fingerprint density at radius 1 is 1.29 bits per heavy atom. The van der Waals surface area contributed by atoms with Crippen LogP contribution in [0.25, 0.3) is 0 Å². The van der Waals surface area contributed by atoms with Crippen molar-refractivity contribution < 1.29 is 4.79 Å². The maximum absolute atomic E-state index is 11.7. The van der Waals surface area contributed by atoms with Gasteiger partial charge in [-0.1, -0.05) is 19.8 Å². The fourth-order valence-electron chi connectivity index (χ4n) is 3.05. The van der Waals surface area contributed by atoms with Crippen molar-refractivity contribution in [2.24, 2.45) is 5.41 Å². The molecule has 0 bridgehead atoms. The van der Waals surface area contributed by atoms with Gasteiger partial charge in [-0.05, 0) is 31.1 Å². The molecule has 0 unspecified atom stereocenters. The normalized spacial score (nSPS) is 24.8. The molecule has 1 aliphatic heterocycles. The summed E-state index contributed by atoms with van der Waals surface area (Å²) < 4.78 is 0. The zero-order valence-electron chi connectivity index (χ0n) is 9.22. The molecule has 1 heterocycles. The Morgan fingerprint density at radius 2 is 2.00 bits per heavy atom. The molecule has 80 valence electrons. The Bertz CT molecular complexity index is 218. The van der Waals surface area contributed by atoms with Crippen LogP contribution >= 0.6 is 0 Å². The molecular formula is C12H21NO. The molecule has 0 atom stereocenters. The van der Waals surface area contributed by atoms with Crippen LogP contribution in [-0.2, 0) is 4.79 Å². The number of carbonyl (C=O) groups is 1. The lowest BCUT2D eigenvalue weighted by Crippen LogP contribution is -2.30. The van der Waals surface area contributed by atoms with Crippen LogP contribution in [-0.4, -0.2) is 23.9 Å². The van der Waals surface area contributed by atoms with E-state index in [1.165, 1.54) is 32.1 Å². The van der Waals surface area contributed by atoms with E-state index in [4.69, 9.17) is 0 Å². The van der Waals surface area contributed by atoms with Crippen molar-refractivity contribution in [3.8, 4) is 0 Å². The zero-order valence-corrected chi connectivity index (χ0v) is 9.22. The summed E-state index contributed by atoms with van der Waals surface area (Å²) in [5, 5.41) is 0. The first-order valence-corrected chi connectivity index (χ1v) is 6.04. The molecular weight excluding hydrogens is 174 g/mol. The molecule has 14 heavy (non-hydrogen) atoms. The van der Waals surface area contributed by atoms with Gasteiger partial charge in [0.1, 0.15) is 0 Å². The van der Waals surface area contributed by atoms with Crippen molar-refractivity contribution in [1.82, 2.24) is 4.90 Å². The number of likely N-dealkylation sites (tertiary alicyclic amines) is 1. The Hall–Kier alpha value is -0.530. The molecule has 0 aromatic heterocycles. The first kappa shape index (κ1) is 10.0. The first-order chi connectivity index (χ1) is 6.76. The summed E-state index contributed by atoms with van der Waals surface area (Å²) in [6.45, 7) is 4.17. The van der Waals surface area contributed by atoms with Crippen LogP contribution < -0.4 is 0 Å². The summed E-state index contributed by atoms with van der Waals surface area (Å²) in [6, 6.07) is 0. The van der Waals surface area contributed by atoms with Crippen LogP contribution in [0.4, 0.5) is 0 Å². The van der Waals surface area contributed by atoms with Gasteiger partial charge in [-0.3, -0.25) is 4.79 Å². The summed E-state index contributed by atoms with van der Waals surface area (Å²) in [4.78, 5) is 13.8. The van der Waals surface area contributed by atoms with Gasteiger partial charge < -0.3 is 4.90 Å². The topological polar surface area (TPSA) is 20.3 Å². The van der Waals surface area contributed by atoms with E-state index >= 15 is 0 Å². The predicted octanol–water partition coefficient (Wildman–Crippen LogP) is 2.58. The maximum atomic E-state index is 11.7. The molecule has 1 amide bonds.